The van der Waals surface area contributed by atoms with Crippen molar-refractivity contribution in [2.45, 2.75) is 12.0 Å². The molecule has 0 amide bonds. The molecule has 26 heavy (non-hydrogen) atoms. The second-order valence-electron chi connectivity index (χ2n) is 5.82. The first-order valence-corrected chi connectivity index (χ1v) is 8.46. The Kier molecular flexibility index (Phi) is 4.22. The molecule has 130 valence electrons. The van der Waals surface area contributed by atoms with Gasteiger partial charge in [-0.3, -0.25) is 0 Å². The number of ether oxygens (including phenoxy) is 1. The molecular formula is C19H15N3O3S. The average molecular weight is 365 g/mol. The number of nitrogens with zero attached hydrogens (tertiary/aromatic N) is 2. The Hall–Kier alpha value is -3.06. The number of carbonyl (C=O) groups is 1. The maximum Gasteiger partial charge on any atom is 0.353 e. The summed E-state index contributed by atoms with van der Waals surface area (Å²) in [6.07, 6.45) is 0. The Balaban J connectivity index is 1.89. The molecule has 0 aliphatic carbocycles. The van der Waals surface area contributed by atoms with Crippen molar-refractivity contribution >= 4 is 40.1 Å². The molecule has 7 heteroatoms. The van der Waals surface area contributed by atoms with Crippen LogP contribution >= 0.6 is 12.2 Å². The number of methoxy groups -OCH3 is 1. The zero-order chi connectivity index (χ0) is 18.1. The van der Waals surface area contributed by atoms with Gasteiger partial charge in [-0.1, -0.05) is 42.5 Å². The van der Waals surface area contributed by atoms with Crippen molar-refractivity contribution in [3.63, 3.8) is 0 Å². The van der Waals surface area contributed by atoms with Crippen LogP contribution in [0.3, 0.4) is 0 Å². The third-order valence-corrected chi connectivity index (χ3v) is 4.47. The summed E-state index contributed by atoms with van der Waals surface area (Å²) in [5, 5.41) is 3.40. The lowest BCUT2D eigenvalue weighted by atomic mass is 9.87. The molecule has 2 atom stereocenters. The first-order chi connectivity index (χ1) is 12.7. The monoisotopic (exact) mass is 365 g/mol. The molecule has 0 unspecified atom stereocenters. The summed E-state index contributed by atoms with van der Waals surface area (Å²) in [6, 6.07) is 16.8. The van der Waals surface area contributed by atoms with Gasteiger partial charge in [0.1, 0.15) is 17.1 Å². The summed E-state index contributed by atoms with van der Waals surface area (Å²) < 4.78 is 10.9. The molecule has 2 heterocycles. The topological polar surface area (TPSA) is 76.7 Å². The number of hydrogen-bond acceptors (Lipinski definition) is 5. The molecule has 0 fully saturated rings. The van der Waals surface area contributed by atoms with Crippen molar-refractivity contribution < 1.29 is 13.9 Å². The molecule has 1 aliphatic heterocycles. The lowest BCUT2D eigenvalue weighted by Gasteiger charge is -2.30. The number of benzene rings is 2. The molecule has 0 saturated carbocycles. The molecule has 0 radical (unpaired) electrons. The van der Waals surface area contributed by atoms with Crippen LogP contribution in [0.15, 0.2) is 64.0 Å². The number of fused-ring (bicyclic) bond motifs is 1. The number of para-hydroxylation sites is 2. The van der Waals surface area contributed by atoms with E-state index in [2.05, 4.69) is 15.3 Å². The normalized spacial score (nSPS) is 19.7. The van der Waals surface area contributed by atoms with Crippen molar-refractivity contribution in [1.29, 1.82) is 0 Å². The van der Waals surface area contributed by atoms with Gasteiger partial charge in [-0.05, 0) is 29.9 Å². The molecular weight excluding hydrogens is 350 g/mol. The van der Waals surface area contributed by atoms with Crippen molar-refractivity contribution in [3.05, 3.63) is 66.1 Å². The van der Waals surface area contributed by atoms with Gasteiger partial charge in [0, 0.05) is 0 Å². The Morgan fingerprint density at radius 2 is 1.88 bits per heavy atom. The molecule has 3 aromatic rings. The molecule has 1 N–H and O–H groups in total. The predicted octanol–water partition coefficient (Wildman–Crippen LogP) is 3.15. The number of thiocarbonyl (C=S) groups is 1. The molecule has 4 rings (SSSR count). The molecule has 1 aliphatic rings. The van der Waals surface area contributed by atoms with Gasteiger partial charge in [-0.2, -0.15) is 0 Å². The van der Waals surface area contributed by atoms with Crippen LogP contribution in [0.25, 0.3) is 11.1 Å². The molecule has 0 spiro atoms. The maximum atomic E-state index is 12.4. The number of aromatic nitrogens is 1. The number of carbonyl (C=O) groups excluding carboxylic acids is 1. The summed E-state index contributed by atoms with van der Waals surface area (Å²) in [7, 11) is 1.32. The molecule has 6 nitrogen and oxygen atoms in total. The van der Waals surface area contributed by atoms with Crippen LogP contribution in [0.5, 0.6) is 0 Å². The van der Waals surface area contributed by atoms with Crippen molar-refractivity contribution in [2.75, 3.05) is 7.11 Å². The van der Waals surface area contributed by atoms with E-state index in [1.54, 1.807) is 0 Å². The standard InChI is InChI=1S/C19H15N3O3S/c1-24-18(23)16-14(17-20-12-9-5-6-10-13(12)25-17)15(21-19(26)22-16)11-7-3-2-4-8-11/h2-10,14-15H,1H3,(H,21,26)/t14-,15+/m1/s1. The third kappa shape index (κ3) is 2.86. The van der Waals surface area contributed by atoms with Crippen LogP contribution in [0.4, 0.5) is 0 Å². The number of nitrogens with one attached hydrogen (secondary N) is 1. The quantitative estimate of drug-likeness (QED) is 0.568. The van der Waals surface area contributed by atoms with Gasteiger partial charge in [-0.25, -0.2) is 14.8 Å². The van der Waals surface area contributed by atoms with E-state index in [0.29, 0.717) is 17.0 Å². The summed E-state index contributed by atoms with van der Waals surface area (Å²) in [4.78, 5) is 21.2. The fraction of sp³-hybridized carbons (Fsp3) is 0.158. The van der Waals surface area contributed by atoms with E-state index in [1.165, 1.54) is 7.11 Å². The minimum Gasteiger partial charge on any atom is -0.465 e. The van der Waals surface area contributed by atoms with Crippen molar-refractivity contribution in [1.82, 2.24) is 10.3 Å². The Bertz CT molecular complexity index is 980. The third-order valence-electron chi connectivity index (χ3n) is 4.26. The highest BCUT2D eigenvalue weighted by Crippen LogP contribution is 2.36. The van der Waals surface area contributed by atoms with Crippen LogP contribution in [0.2, 0.25) is 0 Å². The summed E-state index contributed by atoms with van der Waals surface area (Å²) in [6.45, 7) is 0. The van der Waals surface area contributed by atoms with E-state index in [9.17, 15) is 4.79 Å². The fourth-order valence-corrected chi connectivity index (χ4v) is 3.31. The Morgan fingerprint density at radius 1 is 1.15 bits per heavy atom. The van der Waals surface area contributed by atoms with Crippen LogP contribution in [0.1, 0.15) is 23.4 Å². The Labute approximate surface area is 154 Å². The van der Waals surface area contributed by atoms with Crippen LogP contribution in [-0.4, -0.2) is 28.9 Å². The number of rotatable bonds is 3. The Morgan fingerprint density at radius 3 is 2.62 bits per heavy atom. The summed E-state index contributed by atoms with van der Waals surface area (Å²) in [5.41, 5.74) is 2.48. The molecule has 0 saturated heterocycles. The van der Waals surface area contributed by atoms with E-state index in [4.69, 9.17) is 21.4 Å². The van der Waals surface area contributed by atoms with E-state index in [-0.39, 0.29) is 16.9 Å². The van der Waals surface area contributed by atoms with Gasteiger partial charge < -0.3 is 14.5 Å². The maximum absolute atomic E-state index is 12.4. The van der Waals surface area contributed by atoms with Crippen LogP contribution in [-0.2, 0) is 9.53 Å². The highest BCUT2D eigenvalue weighted by molar-refractivity contribution is 7.80. The number of esters is 1. The van der Waals surface area contributed by atoms with Gasteiger partial charge in [0.25, 0.3) is 0 Å². The first-order valence-electron chi connectivity index (χ1n) is 8.05. The second-order valence-corrected chi connectivity index (χ2v) is 6.21. The predicted molar refractivity (Wildman–Crippen MR) is 101 cm³/mol. The van der Waals surface area contributed by atoms with E-state index < -0.39 is 11.9 Å². The zero-order valence-corrected chi connectivity index (χ0v) is 14.7. The first kappa shape index (κ1) is 16.4. The van der Waals surface area contributed by atoms with Crippen LogP contribution in [0, 0.1) is 0 Å². The number of hydrogen-bond donors (Lipinski definition) is 1. The lowest BCUT2D eigenvalue weighted by molar-refractivity contribution is -0.133. The van der Waals surface area contributed by atoms with Gasteiger partial charge in [0.05, 0.1) is 13.2 Å². The second kappa shape index (κ2) is 6.68. The number of aliphatic imine (C=N–C) groups is 1. The van der Waals surface area contributed by atoms with Gasteiger partial charge in [0.2, 0.25) is 5.89 Å². The zero-order valence-electron chi connectivity index (χ0n) is 13.9. The smallest absolute Gasteiger partial charge is 0.353 e. The van der Waals surface area contributed by atoms with Crippen LogP contribution < -0.4 is 5.32 Å². The average Bonchev–Trinajstić information content (AvgIpc) is 3.11. The lowest BCUT2D eigenvalue weighted by Crippen LogP contribution is -2.42. The van der Waals surface area contributed by atoms with E-state index >= 15 is 0 Å². The minimum absolute atomic E-state index is 0.177. The van der Waals surface area contributed by atoms with E-state index in [0.717, 1.165) is 5.56 Å². The van der Waals surface area contributed by atoms with Gasteiger partial charge in [0.15, 0.2) is 10.7 Å². The van der Waals surface area contributed by atoms with Gasteiger partial charge in [-0.15, -0.1) is 0 Å². The van der Waals surface area contributed by atoms with Gasteiger partial charge >= 0.3 is 5.97 Å². The number of oxazole rings is 1. The van der Waals surface area contributed by atoms with Crippen molar-refractivity contribution in [2.24, 2.45) is 4.99 Å². The SMILES string of the molecule is COC(=O)C1=NC(=S)N[C@@H](c2ccccc2)[C@H]1c1nc2ccccc2o1. The van der Waals surface area contributed by atoms with Crippen molar-refractivity contribution in [3.8, 4) is 0 Å². The molecule has 2 aromatic carbocycles. The molecule has 0 bridgehead atoms. The highest BCUT2D eigenvalue weighted by atomic mass is 32.1. The highest BCUT2D eigenvalue weighted by Gasteiger charge is 2.40. The molecule has 1 aromatic heterocycles. The summed E-state index contributed by atoms with van der Waals surface area (Å²) in [5.74, 6) is -0.731. The minimum atomic E-state index is -0.566. The fourth-order valence-electron chi connectivity index (χ4n) is 3.08. The van der Waals surface area contributed by atoms with E-state index in [1.807, 2.05) is 54.6 Å². The summed E-state index contributed by atoms with van der Waals surface area (Å²) >= 11 is 5.24. The largest absolute Gasteiger partial charge is 0.465 e.